The maximum absolute atomic E-state index is 12.2. The Balaban J connectivity index is 1.78. The molecule has 2 rings (SSSR count). The second kappa shape index (κ2) is 9.38. The van der Waals surface area contributed by atoms with E-state index in [0.717, 1.165) is 32.1 Å². The number of sulfonamides is 1. The summed E-state index contributed by atoms with van der Waals surface area (Å²) in [6.07, 6.45) is 1.06. The van der Waals surface area contributed by atoms with Crippen LogP contribution in [0.15, 0.2) is 34.2 Å². The van der Waals surface area contributed by atoms with Crippen LogP contribution >= 0.6 is 11.6 Å². The van der Waals surface area contributed by atoms with Gasteiger partial charge in [-0.3, -0.25) is 4.99 Å². The third kappa shape index (κ3) is 6.14. The first-order valence-corrected chi connectivity index (χ1v) is 10.0. The van der Waals surface area contributed by atoms with Crippen molar-refractivity contribution in [2.45, 2.75) is 11.3 Å². The summed E-state index contributed by atoms with van der Waals surface area (Å²) in [5.74, 6) is 1.23. The summed E-state index contributed by atoms with van der Waals surface area (Å²) in [6, 6.07) is 6.18. The summed E-state index contributed by atoms with van der Waals surface area (Å²) >= 11 is 5.84. The van der Waals surface area contributed by atoms with Crippen molar-refractivity contribution in [3.8, 4) is 0 Å². The normalized spacial score (nSPS) is 18.4. The van der Waals surface area contributed by atoms with E-state index in [-0.39, 0.29) is 11.4 Å². The Bertz CT molecular complexity index is 690. The first-order chi connectivity index (χ1) is 11.9. The smallest absolute Gasteiger partial charge is 0.240 e. The van der Waals surface area contributed by atoms with Crippen molar-refractivity contribution in [2.75, 3.05) is 46.9 Å². The average Bonchev–Trinajstić information content (AvgIpc) is 3.07. The highest BCUT2D eigenvalue weighted by atomic mass is 35.5. The number of nitrogens with zero attached hydrogens (tertiary/aromatic N) is 2. The van der Waals surface area contributed by atoms with Crippen LogP contribution in [0.4, 0.5) is 0 Å². The summed E-state index contributed by atoms with van der Waals surface area (Å²) in [7, 11) is 0.0998. The Morgan fingerprint density at radius 3 is 2.88 bits per heavy atom. The SMILES string of the molecule is CN=C(NCCNS(=O)(=O)c1cccc(Cl)c1)N(C)CC1CCOC1. The molecule has 1 aromatic carbocycles. The maximum Gasteiger partial charge on any atom is 0.240 e. The fraction of sp³-hybridized carbons (Fsp3) is 0.562. The lowest BCUT2D eigenvalue weighted by Gasteiger charge is -2.24. The zero-order valence-corrected chi connectivity index (χ0v) is 16.1. The molecule has 1 aromatic rings. The van der Waals surface area contributed by atoms with Gasteiger partial charge in [0.15, 0.2) is 5.96 Å². The van der Waals surface area contributed by atoms with Gasteiger partial charge in [0.2, 0.25) is 10.0 Å². The van der Waals surface area contributed by atoms with Crippen LogP contribution in [0.3, 0.4) is 0 Å². The van der Waals surface area contributed by atoms with Crippen molar-refractivity contribution in [2.24, 2.45) is 10.9 Å². The second-order valence-electron chi connectivity index (χ2n) is 5.94. The predicted molar refractivity (Wildman–Crippen MR) is 99.6 cm³/mol. The molecule has 7 nitrogen and oxygen atoms in total. The summed E-state index contributed by atoms with van der Waals surface area (Å²) in [5.41, 5.74) is 0. The van der Waals surface area contributed by atoms with Gasteiger partial charge in [0, 0.05) is 51.3 Å². The topological polar surface area (TPSA) is 83.0 Å². The first kappa shape index (κ1) is 20.0. The van der Waals surface area contributed by atoms with Crippen molar-refractivity contribution in [1.82, 2.24) is 14.9 Å². The fourth-order valence-corrected chi connectivity index (χ4v) is 4.00. The van der Waals surface area contributed by atoms with E-state index in [4.69, 9.17) is 16.3 Å². The Labute approximate surface area is 154 Å². The molecular weight excluding hydrogens is 364 g/mol. The zero-order chi connectivity index (χ0) is 18.3. The van der Waals surface area contributed by atoms with Crippen LogP contribution in [0, 0.1) is 5.92 Å². The average molecular weight is 389 g/mol. The minimum Gasteiger partial charge on any atom is -0.381 e. The van der Waals surface area contributed by atoms with E-state index in [1.165, 1.54) is 12.1 Å². The van der Waals surface area contributed by atoms with Crippen LogP contribution in [-0.4, -0.2) is 66.2 Å². The Kier molecular flexibility index (Phi) is 7.49. The lowest BCUT2D eigenvalue weighted by molar-refractivity contribution is 0.181. The van der Waals surface area contributed by atoms with Crippen LogP contribution < -0.4 is 10.0 Å². The van der Waals surface area contributed by atoms with Gasteiger partial charge in [-0.1, -0.05) is 17.7 Å². The summed E-state index contributed by atoms with van der Waals surface area (Å²) < 4.78 is 32.4. The van der Waals surface area contributed by atoms with Gasteiger partial charge < -0.3 is 15.0 Å². The minimum atomic E-state index is -3.57. The number of halogens is 1. The van der Waals surface area contributed by atoms with Gasteiger partial charge in [-0.05, 0) is 24.6 Å². The Morgan fingerprint density at radius 2 is 2.24 bits per heavy atom. The van der Waals surface area contributed by atoms with Crippen LogP contribution in [0.5, 0.6) is 0 Å². The van der Waals surface area contributed by atoms with Crippen molar-refractivity contribution in [1.29, 1.82) is 0 Å². The van der Waals surface area contributed by atoms with Crippen LogP contribution in [0.1, 0.15) is 6.42 Å². The molecule has 1 aliphatic heterocycles. The second-order valence-corrected chi connectivity index (χ2v) is 8.14. The molecule has 0 aromatic heterocycles. The van der Waals surface area contributed by atoms with Crippen LogP contribution in [0.25, 0.3) is 0 Å². The molecule has 25 heavy (non-hydrogen) atoms. The highest BCUT2D eigenvalue weighted by molar-refractivity contribution is 7.89. The Morgan fingerprint density at radius 1 is 1.44 bits per heavy atom. The van der Waals surface area contributed by atoms with Crippen LogP contribution in [-0.2, 0) is 14.8 Å². The molecule has 1 fully saturated rings. The molecule has 0 spiro atoms. The molecule has 2 N–H and O–H groups in total. The van der Waals surface area contributed by atoms with E-state index < -0.39 is 10.0 Å². The third-order valence-corrected chi connectivity index (χ3v) is 5.63. The van der Waals surface area contributed by atoms with Gasteiger partial charge in [0.25, 0.3) is 0 Å². The molecule has 1 atom stereocenters. The number of ether oxygens (including phenoxy) is 1. The molecule has 1 unspecified atom stereocenters. The summed E-state index contributed by atoms with van der Waals surface area (Å²) in [6.45, 7) is 3.12. The fourth-order valence-electron chi connectivity index (χ4n) is 2.66. The lowest BCUT2D eigenvalue weighted by Crippen LogP contribution is -2.44. The number of hydrogen-bond donors (Lipinski definition) is 2. The quantitative estimate of drug-likeness (QED) is 0.416. The number of guanidine groups is 1. The molecule has 0 bridgehead atoms. The summed E-state index contributed by atoms with van der Waals surface area (Å²) in [4.78, 5) is 6.42. The van der Waals surface area contributed by atoms with Crippen molar-refractivity contribution in [3.05, 3.63) is 29.3 Å². The van der Waals surface area contributed by atoms with Gasteiger partial charge >= 0.3 is 0 Å². The van der Waals surface area contributed by atoms with E-state index in [0.29, 0.717) is 17.5 Å². The molecule has 0 radical (unpaired) electrons. The molecule has 0 saturated carbocycles. The minimum absolute atomic E-state index is 0.155. The van der Waals surface area contributed by atoms with Gasteiger partial charge in [-0.15, -0.1) is 0 Å². The van der Waals surface area contributed by atoms with E-state index in [1.807, 2.05) is 11.9 Å². The Hall–Kier alpha value is -1.35. The number of rotatable bonds is 7. The third-order valence-electron chi connectivity index (χ3n) is 3.94. The molecule has 1 heterocycles. The summed E-state index contributed by atoms with van der Waals surface area (Å²) in [5, 5.41) is 3.55. The van der Waals surface area contributed by atoms with Crippen molar-refractivity contribution < 1.29 is 13.2 Å². The zero-order valence-electron chi connectivity index (χ0n) is 14.5. The van der Waals surface area contributed by atoms with E-state index in [9.17, 15) is 8.42 Å². The van der Waals surface area contributed by atoms with Gasteiger partial charge in [0.05, 0.1) is 11.5 Å². The number of nitrogens with one attached hydrogen (secondary N) is 2. The van der Waals surface area contributed by atoms with E-state index >= 15 is 0 Å². The largest absolute Gasteiger partial charge is 0.381 e. The number of aliphatic imine (C=N–C) groups is 1. The number of benzene rings is 1. The van der Waals surface area contributed by atoms with Gasteiger partial charge in [-0.2, -0.15) is 0 Å². The molecule has 0 aliphatic carbocycles. The van der Waals surface area contributed by atoms with Crippen molar-refractivity contribution in [3.63, 3.8) is 0 Å². The highest BCUT2D eigenvalue weighted by Gasteiger charge is 2.19. The molecule has 140 valence electrons. The standard InChI is InChI=1S/C16H25ClN4O3S/c1-18-16(21(2)11-13-6-9-24-12-13)19-7-8-20-25(22,23)15-5-3-4-14(17)10-15/h3-5,10,13,20H,6-9,11-12H2,1-2H3,(H,18,19). The molecule has 1 saturated heterocycles. The predicted octanol–water partition coefficient (Wildman–Crippen LogP) is 1.16. The highest BCUT2D eigenvalue weighted by Crippen LogP contribution is 2.15. The number of hydrogen-bond acceptors (Lipinski definition) is 4. The first-order valence-electron chi connectivity index (χ1n) is 8.17. The van der Waals surface area contributed by atoms with Crippen molar-refractivity contribution >= 4 is 27.6 Å². The molecule has 1 aliphatic rings. The molecule has 9 heteroatoms. The van der Waals surface area contributed by atoms with Crippen LogP contribution in [0.2, 0.25) is 5.02 Å². The molecule has 0 amide bonds. The lowest BCUT2D eigenvalue weighted by atomic mass is 10.1. The monoisotopic (exact) mass is 388 g/mol. The van der Waals surface area contributed by atoms with E-state index in [2.05, 4.69) is 15.0 Å². The molecular formula is C16H25ClN4O3S. The van der Waals surface area contributed by atoms with Gasteiger partial charge in [-0.25, -0.2) is 13.1 Å². The van der Waals surface area contributed by atoms with Gasteiger partial charge in [0.1, 0.15) is 0 Å². The van der Waals surface area contributed by atoms with E-state index in [1.54, 1.807) is 19.2 Å². The maximum atomic E-state index is 12.2.